The van der Waals surface area contributed by atoms with Crippen LogP contribution in [-0.4, -0.2) is 18.1 Å². The Balaban J connectivity index is 2.35. The van der Waals surface area contributed by atoms with E-state index in [4.69, 9.17) is 0 Å². The maximum Gasteiger partial charge on any atom is 0.338 e. The first-order valence-corrected chi connectivity index (χ1v) is 5.47. The Kier molecular flexibility index (Phi) is 3.67. The minimum absolute atomic E-state index is 0.294. The Morgan fingerprint density at radius 3 is 2.78 bits per heavy atom. The first-order valence-electron chi connectivity index (χ1n) is 5.47. The fraction of sp³-hybridized carbons (Fsp3) is 0.143. The number of methoxy groups -OCH3 is 1. The molecule has 2 rings (SSSR count). The zero-order valence-electron chi connectivity index (χ0n) is 9.89. The van der Waals surface area contributed by atoms with E-state index in [1.54, 1.807) is 30.5 Å². The number of esters is 1. The molecule has 0 unspecified atom stereocenters. The van der Waals surface area contributed by atoms with Crippen molar-refractivity contribution >= 4 is 5.97 Å². The standard InChI is InChI=1S/C14H12FNO2/c1-18-14(17)12-6-7-16-9-11(12)8-10-4-2-3-5-13(10)15/h2-7,9H,8H2,1H3. The van der Waals surface area contributed by atoms with Crippen molar-refractivity contribution in [3.05, 3.63) is 65.2 Å². The number of rotatable bonds is 3. The summed E-state index contributed by atoms with van der Waals surface area (Å²) in [6.45, 7) is 0. The number of ether oxygens (including phenoxy) is 1. The van der Waals surface area contributed by atoms with Gasteiger partial charge in [0, 0.05) is 18.8 Å². The molecule has 1 aromatic heterocycles. The molecule has 92 valence electrons. The molecule has 0 aliphatic carbocycles. The van der Waals surface area contributed by atoms with Gasteiger partial charge in [0.2, 0.25) is 0 Å². The van der Waals surface area contributed by atoms with Crippen LogP contribution in [0.4, 0.5) is 4.39 Å². The van der Waals surface area contributed by atoms with Gasteiger partial charge in [-0.3, -0.25) is 4.98 Å². The third-order valence-electron chi connectivity index (χ3n) is 2.65. The number of hydrogen-bond donors (Lipinski definition) is 0. The molecule has 0 saturated carbocycles. The van der Waals surface area contributed by atoms with E-state index >= 15 is 0 Å². The van der Waals surface area contributed by atoms with Gasteiger partial charge in [0.15, 0.2) is 0 Å². The Morgan fingerprint density at radius 1 is 1.28 bits per heavy atom. The Morgan fingerprint density at radius 2 is 2.06 bits per heavy atom. The van der Waals surface area contributed by atoms with Gasteiger partial charge in [-0.1, -0.05) is 18.2 Å². The lowest BCUT2D eigenvalue weighted by Crippen LogP contribution is -2.07. The van der Waals surface area contributed by atoms with Gasteiger partial charge < -0.3 is 4.74 Å². The number of carbonyl (C=O) groups is 1. The molecule has 0 spiro atoms. The third kappa shape index (κ3) is 2.53. The van der Waals surface area contributed by atoms with E-state index in [1.165, 1.54) is 19.4 Å². The normalized spacial score (nSPS) is 10.1. The van der Waals surface area contributed by atoms with Crippen LogP contribution in [-0.2, 0) is 11.2 Å². The van der Waals surface area contributed by atoms with Crippen molar-refractivity contribution in [3.8, 4) is 0 Å². The fourth-order valence-electron chi connectivity index (χ4n) is 1.72. The van der Waals surface area contributed by atoms with Gasteiger partial charge in [-0.2, -0.15) is 0 Å². The highest BCUT2D eigenvalue weighted by molar-refractivity contribution is 5.90. The minimum atomic E-state index is -0.441. The molecule has 0 aliphatic rings. The summed E-state index contributed by atoms with van der Waals surface area (Å²) in [6.07, 6.45) is 3.38. The largest absolute Gasteiger partial charge is 0.465 e. The smallest absolute Gasteiger partial charge is 0.338 e. The van der Waals surface area contributed by atoms with E-state index < -0.39 is 5.97 Å². The van der Waals surface area contributed by atoms with Crippen LogP contribution >= 0.6 is 0 Å². The summed E-state index contributed by atoms with van der Waals surface area (Å²) < 4.78 is 18.2. The van der Waals surface area contributed by atoms with Crippen LogP contribution in [0.15, 0.2) is 42.7 Å². The average molecular weight is 245 g/mol. The van der Waals surface area contributed by atoms with E-state index in [1.807, 2.05) is 0 Å². The Bertz CT molecular complexity index is 569. The van der Waals surface area contributed by atoms with Gasteiger partial charge in [-0.25, -0.2) is 9.18 Å². The minimum Gasteiger partial charge on any atom is -0.465 e. The summed E-state index contributed by atoms with van der Waals surface area (Å²) in [6, 6.07) is 8.03. The second-order valence-corrected chi connectivity index (χ2v) is 3.79. The van der Waals surface area contributed by atoms with Crippen molar-refractivity contribution in [2.75, 3.05) is 7.11 Å². The molecule has 2 aromatic rings. The maximum absolute atomic E-state index is 13.6. The Hall–Kier alpha value is -2.23. The lowest BCUT2D eigenvalue weighted by molar-refractivity contribution is 0.0599. The predicted octanol–water partition coefficient (Wildman–Crippen LogP) is 2.60. The molecule has 1 aromatic carbocycles. The summed E-state index contributed by atoms with van der Waals surface area (Å²) in [5.74, 6) is -0.735. The first kappa shape index (κ1) is 12.2. The second kappa shape index (κ2) is 5.40. The molecule has 0 radical (unpaired) electrons. The molecule has 0 bridgehead atoms. The number of halogens is 1. The van der Waals surface area contributed by atoms with Gasteiger partial charge in [-0.05, 0) is 23.3 Å². The predicted molar refractivity (Wildman–Crippen MR) is 64.8 cm³/mol. The summed E-state index contributed by atoms with van der Waals surface area (Å²) in [4.78, 5) is 15.5. The quantitative estimate of drug-likeness (QED) is 0.780. The monoisotopic (exact) mass is 245 g/mol. The molecule has 0 amide bonds. The molecule has 0 fully saturated rings. The van der Waals surface area contributed by atoms with Gasteiger partial charge in [0.1, 0.15) is 5.82 Å². The number of aromatic nitrogens is 1. The van der Waals surface area contributed by atoms with Crippen LogP contribution in [0.1, 0.15) is 21.5 Å². The molecule has 0 saturated heterocycles. The number of carbonyl (C=O) groups excluding carboxylic acids is 1. The molecule has 3 nitrogen and oxygen atoms in total. The van der Waals surface area contributed by atoms with Crippen molar-refractivity contribution in [2.24, 2.45) is 0 Å². The zero-order valence-corrected chi connectivity index (χ0v) is 9.89. The fourth-order valence-corrected chi connectivity index (χ4v) is 1.72. The third-order valence-corrected chi connectivity index (χ3v) is 2.65. The van der Waals surface area contributed by atoms with Gasteiger partial charge in [0.05, 0.1) is 12.7 Å². The molecule has 1 heterocycles. The van der Waals surface area contributed by atoms with Crippen LogP contribution in [0.3, 0.4) is 0 Å². The van der Waals surface area contributed by atoms with Crippen molar-refractivity contribution in [3.63, 3.8) is 0 Å². The highest BCUT2D eigenvalue weighted by atomic mass is 19.1. The van der Waals surface area contributed by atoms with Gasteiger partial charge in [-0.15, -0.1) is 0 Å². The zero-order chi connectivity index (χ0) is 13.0. The molecule has 0 atom stereocenters. The number of nitrogens with zero attached hydrogens (tertiary/aromatic N) is 1. The molecule has 18 heavy (non-hydrogen) atoms. The van der Waals surface area contributed by atoms with Crippen LogP contribution in [0.25, 0.3) is 0 Å². The number of hydrogen-bond acceptors (Lipinski definition) is 3. The van der Waals surface area contributed by atoms with E-state index in [2.05, 4.69) is 9.72 Å². The lowest BCUT2D eigenvalue weighted by atomic mass is 10.0. The topological polar surface area (TPSA) is 39.2 Å². The first-order chi connectivity index (χ1) is 8.72. The summed E-state index contributed by atoms with van der Waals surface area (Å²) >= 11 is 0. The lowest BCUT2D eigenvalue weighted by Gasteiger charge is -2.07. The summed E-state index contributed by atoms with van der Waals surface area (Å²) in [5, 5.41) is 0. The van der Waals surface area contributed by atoms with E-state index in [0.717, 1.165) is 0 Å². The van der Waals surface area contributed by atoms with E-state index in [-0.39, 0.29) is 5.82 Å². The van der Waals surface area contributed by atoms with E-state index in [0.29, 0.717) is 23.1 Å². The van der Waals surface area contributed by atoms with Crippen molar-refractivity contribution in [1.29, 1.82) is 0 Å². The molecular weight excluding hydrogens is 233 g/mol. The average Bonchev–Trinajstić information content (AvgIpc) is 2.41. The van der Waals surface area contributed by atoms with Crippen molar-refractivity contribution in [1.82, 2.24) is 4.98 Å². The summed E-state index contributed by atoms with van der Waals surface area (Å²) in [7, 11) is 1.32. The second-order valence-electron chi connectivity index (χ2n) is 3.79. The molecular formula is C14H12FNO2. The summed E-state index contributed by atoms with van der Waals surface area (Å²) in [5.41, 5.74) is 1.58. The van der Waals surface area contributed by atoms with E-state index in [9.17, 15) is 9.18 Å². The molecule has 0 N–H and O–H groups in total. The highest BCUT2D eigenvalue weighted by Gasteiger charge is 2.13. The van der Waals surface area contributed by atoms with Gasteiger partial charge in [0.25, 0.3) is 0 Å². The molecule has 0 aliphatic heterocycles. The van der Waals surface area contributed by atoms with Gasteiger partial charge >= 0.3 is 5.97 Å². The molecule has 4 heteroatoms. The van der Waals surface area contributed by atoms with Crippen LogP contribution in [0.2, 0.25) is 0 Å². The van der Waals surface area contributed by atoms with Crippen molar-refractivity contribution < 1.29 is 13.9 Å². The maximum atomic E-state index is 13.6. The number of benzene rings is 1. The van der Waals surface area contributed by atoms with Crippen LogP contribution in [0, 0.1) is 5.82 Å². The number of pyridine rings is 1. The Labute approximate surface area is 104 Å². The van der Waals surface area contributed by atoms with Crippen LogP contribution in [0.5, 0.6) is 0 Å². The SMILES string of the molecule is COC(=O)c1ccncc1Cc1ccccc1F. The van der Waals surface area contributed by atoms with Crippen molar-refractivity contribution in [2.45, 2.75) is 6.42 Å². The highest BCUT2D eigenvalue weighted by Crippen LogP contribution is 2.16. The van der Waals surface area contributed by atoms with Crippen LogP contribution < -0.4 is 0 Å².